The van der Waals surface area contributed by atoms with Gasteiger partial charge in [0.1, 0.15) is 18.2 Å². The van der Waals surface area contributed by atoms with Crippen molar-refractivity contribution in [1.29, 1.82) is 0 Å². The highest BCUT2D eigenvalue weighted by atomic mass is 16.5. The monoisotopic (exact) mass is 279 g/mol. The number of nitrogens with zero attached hydrogens (tertiary/aromatic N) is 2. The molecule has 1 saturated carbocycles. The standard InChI is InChI=1S/C14H25N5O/c1-2-20-10-14-17-12(9-13(18-14)19-15)16-11-7-5-3-4-6-8-11/h9,11H,2-8,10,15H2,1H3,(H2,16,17,18,19). The number of ether oxygens (including phenoxy) is 1. The van der Waals surface area contributed by atoms with E-state index in [1.54, 1.807) is 0 Å². The second-order valence-electron chi connectivity index (χ2n) is 5.17. The van der Waals surface area contributed by atoms with Gasteiger partial charge < -0.3 is 15.5 Å². The molecule has 1 aromatic rings. The van der Waals surface area contributed by atoms with Crippen LogP contribution >= 0.6 is 0 Å². The third-order valence-electron chi connectivity index (χ3n) is 3.56. The molecule has 1 fully saturated rings. The van der Waals surface area contributed by atoms with Gasteiger partial charge in [0.2, 0.25) is 0 Å². The molecule has 1 aliphatic rings. The summed E-state index contributed by atoms with van der Waals surface area (Å²) in [6.07, 6.45) is 7.67. The molecule has 0 unspecified atom stereocenters. The van der Waals surface area contributed by atoms with E-state index in [1.165, 1.54) is 38.5 Å². The predicted octanol–water partition coefficient (Wildman–Crippen LogP) is 2.43. The Morgan fingerprint density at radius 1 is 1.20 bits per heavy atom. The minimum atomic E-state index is 0.408. The molecule has 1 aliphatic carbocycles. The Morgan fingerprint density at radius 3 is 2.55 bits per heavy atom. The highest BCUT2D eigenvalue weighted by Crippen LogP contribution is 2.21. The molecule has 0 saturated heterocycles. The molecule has 2 rings (SSSR count). The maximum Gasteiger partial charge on any atom is 0.158 e. The molecule has 0 aliphatic heterocycles. The van der Waals surface area contributed by atoms with Gasteiger partial charge in [0.15, 0.2) is 5.82 Å². The summed E-state index contributed by atoms with van der Waals surface area (Å²) in [6, 6.07) is 2.35. The van der Waals surface area contributed by atoms with Crippen molar-refractivity contribution in [3.63, 3.8) is 0 Å². The molecule has 0 atom stereocenters. The fourth-order valence-electron chi connectivity index (χ4n) is 2.54. The Kier molecular flexibility index (Phi) is 6.01. The van der Waals surface area contributed by atoms with Crippen LogP contribution < -0.4 is 16.6 Å². The molecule has 112 valence electrons. The number of hydrogen-bond acceptors (Lipinski definition) is 6. The molecule has 0 radical (unpaired) electrons. The van der Waals surface area contributed by atoms with Crippen LogP contribution in [-0.4, -0.2) is 22.6 Å². The van der Waals surface area contributed by atoms with Crippen molar-refractivity contribution in [2.45, 2.75) is 58.1 Å². The van der Waals surface area contributed by atoms with Gasteiger partial charge in [-0.25, -0.2) is 15.8 Å². The molecular formula is C14H25N5O. The Balaban J connectivity index is 2.04. The van der Waals surface area contributed by atoms with E-state index in [0.29, 0.717) is 30.9 Å². The summed E-state index contributed by atoms with van der Waals surface area (Å²) in [5, 5.41) is 3.51. The van der Waals surface area contributed by atoms with Crippen molar-refractivity contribution in [2.75, 3.05) is 17.3 Å². The zero-order valence-electron chi connectivity index (χ0n) is 12.2. The first-order valence-corrected chi connectivity index (χ1v) is 7.50. The number of anilines is 2. The molecule has 1 heterocycles. The van der Waals surface area contributed by atoms with Gasteiger partial charge in [-0.05, 0) is 19.8 Å². The summed E-state index contributed by atoms with van der Waals surface area (Å²) in [6.45, 7) is 3.01. The Hall–Kier alpha value is -1.40. The van der Waals surface area contributed by atoms with Gasteiger partial charge in [-0.15, -0.1) is 0 Å². The van der Waals surface area contributed by atoms with Gasteiger partial charge in [0.05, 0.1) is 0 Å². The lowest BCUT2D eigenvalue weighted by Crippen LogP contribution is -2.20. The molecule has 0 aromatic carbocycles. The van der Waals surface area contributed by atoms with Crippen molar-refractivity contribution >= 4 is 11.6 Å². The lowest BCUT2D eigenvalue weighted by atomic mass is 10.1. The summed E-state index contributed by atoms with van der Waals surface area (Å²) in [7, 11) is 0. The van der Waals surface area contributed by atoms with Crippen LogP contribution in [0.3, 0.4) is 0 Å². The van der Waals surface area contributed by atoms with Crippen LogP contribution in [0.15, 0.2) is 6.07 Å². The zero-order valence-corrected chi connectivity index (χ0v) is 12.2. The number of rotatable bonds is 6. The number of nitrogen functional groups attached to an aromatic ring is 1. The molecule has 0 amide bonds. The van der Waals surface area contributed by atoms with E-state index in [1.807, 2.05) is 13.0 Å². The molecule has 6 nitrogen and oxygen atoms in total. The quantitative estimate of drug-likeness (QED) is 0.421. The molecule has 0 bridgehead atoms. The summed E-state index contributed by atoms with van der Waals surface area (Å²) < 4.78 is 5.36. The summed E-state index contributed by atoms with van der Waals surface area (Å²) in [5.74, 6) is 7.56. The molecule has 1 aromatic heterocycles. The average Bonchev–Trinajstić information content (AvgIpc) is 2.73. The number of aromatic nitrogens is 2. The summed E-state index contributed by atoms with van der Waals surface area (Å²) in [4.78, 5) is 8.79. The van der Waals surface area contributed by atoms with E-state index >= 15 is 0 Å². The summed E-state index contributed by atoms with van der Waals surface area (Å²) >= 11 is 0. The van der Waals surface area contributed by atoms with Gasteiger partial charge >= 0.3 is 0 Å². The van der Waals surface area contributed by atoms with Gasteiger partial charge in [0, 0.05) is 18.7 Å². The van der Waals surface area contributed by atoms with Crippen LogP contribution in [-0.2, 0) is 11.3 Å². The van der Waals surface area contributed by atoms with Gasteiger partial charge in [-0.3, -0.25) is 0 Å². The number of hydrogen-bond donors (Lipinski definition) is 3. The third kappa shape index (κ3) is 4.61. The van der Waals surface area contributed by atoms with Crippen LogP contribution in [0.5, 0.6) is 0 Å². The first kappa shape index (κ1) is 15.0. The van der Waals surface area contributed by atoms with E-state index < -0.39 is 0 Å². The topological polar surface area (TPSA) is 85.1 Å². The maximum absolute atomic E-state index is 5.47. The molecule has 0 spiro atoms. The first-order chi connectivity index (χ1) is 9.81. The maximum atomic E-state index is 5.47. The summed E-state index contributed by atoms with van der Waals surface area (Å²) in [5.41, 5.74) is 2.59. The van der Waals surface area contributed by atoms with Crippen LogP contribution in [0.2, 0.25) is 0 Å². The number of hydrazine groups is 1. The van der Waals surface area contributed by atoms with E-state index in [2.05, 4.69) is 20.7 Å². The predicted molar refractivity (Wildman–Crippen MR) is 80.3 cm³/mol. The highest BCUT2D eigenvalue weighted by molar-refractivity contribution is 5.47. The third-order valence-corrected chi connectivity index (χ3v) is 3.56. The Labute approximate surface area is 120 Å². The molecule has 20 heavy (non-hydrogen) atoms. The number of nitrogens with two attached hydrogens (primary N) is 1. The van der Waals surface area contributed by atoms with Crippen molar-refractivity contribution in [3.05, 3.63) is 11.9 Å². The van der Waals surface area contributed by atoms with Crippen molar-refractivity contribution in [2.24, 2.45) is 5.84 Å². The highest BCUT2D eigenvalue weighted by Gasteiger charge is 2.13. The van der Waals surface area contributed by atoms with Crippen LogP contribution in [0.25, 0.3) is 0 Å². The van der Waals surface area contributed by atoms with E-state index in [9.17, 15) is 0 Å². The SMILES string of the molecule is CCOCc1nc(NN)cc(NC2CCCCCC2)n1. The molecular weight excluding hydrogens is 254 g/mol. The zero-order chi connectivity index (χ0) is 14.2. The van der Waals surface area contributed by atoms with Crippen LogP contribution in [0.1, 0.15) is 51.3 Å². The fourth-order valence-corrected chi connectivity index (χ4v) is 2.54. The van der Waals surface area contributed by atoms with Gasteiger partial charge in [-0.1, -0.05) is 25.7 Å². The normalized spacial score (nSPS) is 16.7. The van der Waals surface area contributed by atoms with E-state index in [0.717, 1.165) is 5.82 Å². The fraction of sp³-hybridized carbons (Fsp3) is 0.714. The van der Waals surface area contributed by atoms with E-state index in [4.69, 9.17) is 10.6 Å². The Bertz CT molecular complexity index is 405. The second kappa shape index (κ2) is 8.01. The van der Waals surface area contributed by atoms with Gasteiger partial charge in [0.25, 0.3) is 0 Å². The van der Waals surface area contributed by atoms with E-state index in [-0.39, 0.29) is 0 Å². The smallest absolute Gasteiger partial charge is 0.158 e. The van der Waals surface area contributed by atoms with Crippen molar-refractivity contribution in [3.8, 4) is 0 Å². The molecule has 6 heteroatoms. The first-order valence-electron chi connectivity index (χ1n) is 7.50. The second-order valence-corrected chi connectivity index (χ2v) is 5.17. The van der Waals surface area contributed by atoms with Crippen LogP contribution in [0.4, 0.5) is 11.6 Å². The molecule has 4 N–H and O–H groups in total. The largest absolute Gasteiger partial charge is 0.374 e. The minimum Gasteiger partial charge on any atom is -0.374 e. The van der Waals surface area contributed by atoms with Crippen molar-refractivity contribution < 1.29 is 4.74 Å². The minimum absolute atomic E-state index is 0.408. The van der Waals surface area contributed by atoms with Crippen LogP contribution in [0, 0.1) is 0 Å². The number of nitrogens with one attached hydrogen (secondary N) is 2. The van der Waals surface area contributed by atoms with Crippen molar-refractivity contribution in [1.82, 2.24) is 9.97 Å². The Morgan fingerprint density at radius 2 is 1.90 bits per heavy atom. The van der Waals surface area contributed by atoms with Gasteiger partial charge in [-0.2, -0.15) is 0 Å². The lowest BCUT2D eigenvalue weighted by molar-refractivity contribution is 0.128. The average molecular weight is 279 g/mol. The lowest BCUT2D eigenvalue weighted by Gasteiger charge is -2.17.